The van der Waals surface area contributed by atoms with Crippen LogP contribution in [0.2, 0.25) is 0 Å². The number of fused-ring (bicyclic) bond motifs is 1. The van der Waals surface area contributed by atoms with Gasteiger partial charge in [0.05, 0.1) is 21.0 Å². The maximum Gasteiger partial charge on any atom is 0.0755 e. The van der Waals surface area contributed by atoms with E-state index in [0.717, 1.165) is 25.8 Å². The number of hydrogen-bond acceptors (Lipinski definition) is 3. The summed E-state index contributed by atoms with van der Waals surface area (Å²) in [6, 6.07) is 7.67. The molecule has 0 saturated heterocycles. The Morgan fingerprint density at radius 1 is 1.24 bits per heavy atom. The van der Waals surface area contributed by atoms with Crippen molar-refractivity contribution in [2.24, 2.45) is 0 Å². The average molecular weight is 336 g/mol. The molecule has 0 fully saturated rings. The smallest absolute Gasteiger partial charge is 0.0755 e. The van der Waals surface area contributed by atoms with Gasteiger partial charge in [0.25, 0.3) is 0 Å². The van der Waals surface area contributed by atoms with Crippen LogP contribution < -0.4 is 5.73 Å². The second kappa shape index (κ2) is 3.99. The fraction of sp³-hybridized carbons (Fsp3) is 0. The fourth-order valence-corrected chi connectivity index (χ4v) is 2.17. The van der Waals surface area contributed by atoms with E-state index in [0.29, 0.717) is 0 Å². The largest absolute Gasteiger partial charge is 0.399 e. The molecule has 0 amide bonds. The van der Waals surface area contributed by atoms with Crippen LogP contribution in [0.25, 0.3) is 16.6 Å². The van der Waals surface area contributed by atoms with Crippen molar-refractivity contribution in [1.29, 1.82) is 0 Å². The van der Waals surface area contributed by atoms with Gasteiger partial charge in [-0.05, 0) is 46.9 Å². The Labute approximate surface area is 112 Å². The number of nitrogen functional groups attached to an aromatic ring is 1. The van der Waals surface area contributed by atoms with Crippen molar-refractivity contribution in [1.82, 2.24) is 14.8 Å². The summed E-state index contributed by atoms with van der Waals surface area (Å²) >= 11 is 2.24. The molecule has 0 atom stereocenters. The van der Waals surface area contributed by atoms with Gasteiger partial charge in [-0.2, -0.15) is 5.10 Å². The van der Waals surface area contributed by atoms with E-state index in [4.69, 9.17) is 5.73 Å². The second-order valence-electron chi connectivity index (χ2n) is 3.71. The normalized spacial score (nSPS) is 10.9. The first-order chi connectivity index (χ1) is 8.24. The number of rotatable bonds is 1. The van der Waals surface area contributed by atoms with Gasteiger partial charge >= 0.3 is 0 Å². The van der Waals surface area contributed by atoms with Crippen LogP contribution in [0.4, 0.5) is 5.69 Å². The Bertz CT molecular complexity index is 690. The number of pyridine rings is 1. The zero-order chi connectivity index (χ0) is 11.8. The molecular formula is C12H9IN4. The van der Waals surface area contributed by atoms with Crippen LogP contribution in [0, 0.1) is 3.57 Å². The second-order valence-corrected chi connectivity index (χ2v) is 4.96. The molecule has 3 rings (SSSR count). The van der Waals surface area contributed by atoms with E-state index >= 15 is 0 Å². The number of anilines is 1. The maximum absolute atomic E-state index is 5.75. The van der Waals surface area contributed by atoms with Crippen LogP contribution in [0.1, 0.15) is 0 Å². The number of benzene rings is 1. The van der Waals surface area contributed by atoms with E-state index in [9.17, 15) is 0 Å². The third-order valence-electron chi connectivity index (χ3n) is 2.54. The molecule has 84 valence electrons. The van der Waals surface area contributed by atoms with E-state index in [2.05, 4.69) is 32.7 Å². The average Bonchev–Trinajstić information content (AvgIpc) is 2.74. The van der Waals surface area contributed by atoms with Gasteiger partial charge in [0, 0.05) is 23.5 Å². The van der Waals surface area contributed by atoms with Crippen molar-refractivity contribution in [3.05, 3.63) is 46.4 Å². The zero-order valence-electron chi connectivity index (χ0n) is 8.84. The number of aromatic nitrogens is 3. The summed E-state index contributed by atoms with van der Waals surface area (Å²) in [7, 11) is 0. The molecule has 4 nitrogen and oxygen atoms in total. The molecule has 5 heteroatoms. The van der Waals surface area contributed by atoms with Crippen molar-refractivity contribution in [2.45, 2.75) is 0 Å². The van der Waals surface area contributed by atoms with E-state index in [-0.39, 0.29) is 0 Å². The Hall–Kier alpha value is -1.63. The Morgan fingerprint density at radius 3 is 2.88 bits per heavy atom. The summed E-state index contributed by atoms with van der Waals surface area (Å²) in [5.74, 6) is 0. The van der Waals surface area contributed by atoms with Gasteiger partial charge < -0.3 is 5.73 Å². The molecule has 0 bridgehead atoms. The van der Waals surface area contributed by atoms with Crippen LogP contribution in [0.5, 0.6) is 0 Å². The highest BCUT2D eigenvalue weighted by Gasteiger charge is 2.05. The molecule has 1 aromatic carbocycles. The summed E-state index contributed by atoms with van der Waals surface area (Å²) < 4.78 is 2.95. The molecule has 0 spiro atoms. The zero-order valence-corrected chi connectivity index (χ0v) is 11.0. The molecule has 0 aliphatic carbocycles. The van der Waals surface area contributed by atoms with E-state index in [1.165, 1.54) is 0 Å². The van der Waals surface area contributed by atoms with Gasteiger partial charge in [-0.1, -0.05) is 0 Å². The lowest BCUT2D eigenvalue weighted by Crippen LogP contribution is -1.97. The van der Waals surface area contributed by atoms with Crippen molar-refractivity contribution >= 4 is 39.2 Å². The molecule has 2 N–H and O–H groups in total. The molecule has 2 heterocycles. The lowest BCUT2D eigenvalue weighted by molar-refractivity contribution is 0.886. The molecule has 3 aromatic rings. The Balaban J connectivity index is 2.30. The van der Waals surface area contributed by atoms with Crippen LogP contribution in [0.3, 0.4) is 0 Å². The molecule has 17 heavy (non-hydrogen) atoms. The van der Waals surface area contributed by atoms with E-state index in [1.54, 1.807) is 6.20 Å². The van der Waals surface area contributed by atoms with Crippen molar-refractivity contribution in [2.75, 3.05) is 5.73 Å². The van der Waals surface area contributed by atoms with E-state index in [1.807, 2.05) is 41.3 Å². The Morgan fingerprint density at radius 2 is 2.12 bits per heavy atom. The van der Waals surface area contributed by atoms with Crippen LogP contribution in [0.15, 0.2) is 42.9 Å². The van der Waals surface area contributed by atoms with Crippen molar-refractivity contribution < 1.29 is 0 Å². The van der Waals surface area contributed by atoms with Gasteiger partial charge in [-0.25, -0.2) is 4.68 Å². The van der Waals surface area contributed by atoms with Crippen LogP contribution in [-0.4, -0.2) is 14.8 Å². The molecule has 0 radical (unpaired) electrons. The van der Waals surface area contributed by atoms with Gasteiger partial charge in [0.15, 0.2) is 0 Å². The highest BCUT2D eigenvalue weighted by molar-refractivity contribution is 14.1. The highest BCUT2D eigenvalue weighted by atomic mass is 127. The molecule has 2 aromatic heterocycles. The third-order valence-corrected chi connectivity index (χ3v) is 3.10. The van der Waals surface area contributed by atoms with Crippen molar-refractivity contribution in [3.63, 3.8) is 0 Å². The Kier molecular flexibility index (Phi) is 2.47. The summed E-state index contributed by atoms with van der Waals surface area (Å²) in [5.41, 5.74) is 8.37. The predicted octanol–water partition coefficient (Wildman–Crippen LogP) is 2.61. The topological polar surface area (TPSA) is 56.7 Å². The summed E-state index contributed by atoms with van der Waals surface area (Å²) in [5, 5.41) is 5.35. The number of hydrogen-bond donors (Lipinski definition) is 1. The highest BCUT2D eigenvalue weighted by Crippen LogP contribution is 2.22. The standard InChI is InChI=1S/C12H9IN4/c13-8-6-16-17(7-8)12-3-4-15-11-5-9(14)1-2-10(11)12/h1-7H,14H2. The van der Waals surface area contributed by atoms with Crippen LogP contribution in [-0.2, 0) is 0 Å². The first-order valence-corrected chi connectivity index (χ1v) is 6.17. The van der Waals surface area contributed by atoms with Crippen LogP contribution >= 0.6 is 22.6 Å². The molecule has 0 aliphatic heterocycles. The summed E-state index contributed by atoms with van der Waals surface area (Å²) in [6.45, 7) is 0. The molecule has 0 aliphatic rings. The van der Waals surface area contributed by atoms with E-state index < -0.39 is 0 Å². The maximum atomic E-state index is 5.75. The monoisotopic (exact) mass is 336 g/mol. The number of nitrogens with zero attached hydrogens (tertiary/aromatic N) is 3. The summed E-state index contributed by atoms with van der Waals surface area (Å²) in [6.07, 6.45) is 5.57. The third kappa shape index (κ3) is 1.86. The SMILES string of the molecule is Nc1ccc2c(-n3cc(I)cn3)ccnc2c1. The first-order valence-electron chi connectivity index (χ1n) is 5.09. The fourth-order valence-electron chi connectivity index (χ4n) is 1.78. The first kappa shape index (κ1) is 10.5. The lowest BCUT2D eigenvalue weighted by atomic mass is 10.1. The molecular weight excluding hydrogens is 327 g/mol. The molecule has 0 unspecified atom stereocenters. The minimum Gasteiger partial charge on any atom is -0.399 e. The van der Waals surface area contributed by atoms with Gasteiger partial charge in [-0.3, -0.25) is 4.98 Å². The van der Waals surface area contributed by atoms with Crippen molar-refractivity contribution in [3.8, 4) is 5.69 Å². The minimum atomic E-state index is 0.720. The molecule has 0 saturated carbocycles. The lowest BCUT2D eigenvalue weighted by Gasteiger charge is -2.06. The summed E-state index contributed by atoms with van der Waals surface area (Å²) in [4.78, 5) is 4.31. The van der Waals surface area contributed by atoms with Gasteiger partial charge in [0.1, 0.15) is 0 Å². The number of halogens is 1. The number of nitrogens with two attached hydrogens (primary N) is 1. The van der Waals surface area contributed by atoms with Gasteiger partial charge in [0.2, 0.25) is 0 Å². The predicted molar refractivity (Wildman–Crippen MR) is 76.0 cm³/mol. The van der Waals surface area contributed by atoms with Gasteiger partial charge in [-0.15, -0.1) is 0 Å². The minimum absolute atomic E-state index is 0.720. The quantitative estimate of drug-likeness (QED) is 0.549.